The molecule has 4 atom stereocenters. The van der Waals surface area contributed by atoms with Gasteiger partial charge in [-0.1, -0.05) is 18.2 Å². The minimum Gasteiger partial charge on any atom is -0.484 e. The Morgan fingerprint density at radius 2 is 1.95 bits per heavy atom. The van der Waals surface area contributed by atoms with E-state index in [1.165, 1.54) is 0 Å². The van der Waals surface area contributed by atoms with Crippen LogP contribution in [0.3, 0.4) is 0 Å². The molecule has 0 unspecified atom stereocenters. The Morgan fingerprint density at radius 1 is 1.26 bits per heavy atom. The second-order valence-corrected chi connectivity index (χ2v) is 4.09. The molecule has 1 fully saturated rings. The van der Waals surface area contributed by atoms with E-state index in [0.717, 1.165) is 0 Å². The van der Waals surface area contributed by atoms with Crippen LogP contribution in [0, 0.1) is 0 Å². The highest BCUT2D eigenvalue weighted by molar-refractivity contribution is 5.64. The molecule has 1 heterocycles. The van der Waals surface area contributed by atoms with E-state index in [2.05, 4.69) is 0 Å². The third-order valence-corrected chi connectivity index (χ3v) is 2.69. The van der Waals surface area contributed by atoms with Crippen LogP contribution in [0.25, 0.3) is 0 Å². The number of primary amides is 1. The van der Waals surface area contributed by atoms with Crippen LogP contribution in [0.5, 0.6) is 5.75 Å². The lowest BCUT2D eigenvalue weighted by molar-refractivity contribution is -0.245. The molecule has 0 spiro atoms. The van der Waals surface area contributed by atoms with Gasteiger partial charge < -0.3 is 30.2 Å². The van der Waals surface area contributed by atoms with Gasteiger partial charge >= 0.3 is 6.09 Å². The van der Waals surface area contributed by atoms with Gasteiger partial charge in [0.2, 0.25) is 0 Å². The molecule has 0 saturated carbocycles. The van der Waals surface area contributed by atoms with Crippen LogP contribution >= 0.6 is 0 Å². The fourth-order valence-electron chi connectivity index (χ4n) is 1.83. The smallest absolute Gasteiger partial charge is 0.405 e. The summed E-state index contributed by atoms with van der Waals surface area (Å²) < 4.78 is 15.1. The number of ether oxygens (including phenoxy) is 3. The van der Waals surface area contributed by atoms with Crippen LogP contribution in [0.1, 0.15) is 0 Å². The van der Waals surface area contributed by atoms with Crippen molar-refractivity contribution in [3.63, 3.8) is 0 Å². The molecule has 0 aliphatic carbocycles. The molecule has 19 heavy (non-hydrogen) atoms. The normalized spacial score (nSPS) is 30.6. The molecule has 7 heteroatoms. The summed E-state index contributed by atoms with van der Waals surface area (Å²) in [5, 5.41) is 19.5. The van der Waals surface area contributed by atoms with Crippen molar-refractivity contribution in [2.75, 3.05) is 6.61 Å². The summed E-state index contributed by atoms with van der Waals surface area (Å²) in [6.45, 7) is -0.128. The van der Waals surface area contributed by atoms with Gasteiger partial charge in [-0.2, -0.15) is 0 Å². The number of aliphatic hydroxyl groups is 2. The number of benzene rings is 1. The molecular weight excluding hydrogens is 254 g/mol. The molecule has 1 saturated heterocycles. The number of carbonyl (C=O) groups is 1. The topological polar surface area (TPSA) is 111 Å². The average Bonchev–Trinajstić information content (AvgIpc) is 2.39. The van der Waals surface area contributed by atoms with Gasteiger partial charge in [0.1, 0.15) is 11.9 Å². The third kappa shape index (κ3) is 3.34. The van der Waals surface area contributed by atoms with Gasteiger partial charge in [0.05, 0.1) is 6.61 Å². The van der Waals surface area contributed by atoms with E-state index in [9.17, 15) is 15.0 Å². The van der Waals surface area contributed by atoms with Gasteiger partial charge in [-0.3, -0.25) is 0 Å². The second kappa shape index (κ2) is 5.87. The summed E-state index contributed by atoms with van der Waals surface area (Å²) in [7, 11) is 0. The molecule has 0 aromatic heterocycles. The summed E-state index contributed by atoms with van der Waals surface area (Å²) in [5.74, 6) is 0.471. The molecule has 1 amide bonds. The Kier molecular flexibility index (Phi) is 4.20. The van der Waals surface area contributed by atoms with Crippen molar-refractivity contribution in [3.05, 3.63) is 30.3 Å². The molecule has 1 aliphatic rings. The van der Waals surface area contributed by atoms with Gasteiger partial charge in [-0.15, -0.1) is 0 Å². The molecular formula is C12H15NO6. The minimum absolute atomic E-state index is 0.128. The van der Waals surface area contributed by atoms with Crippen LogP contribution in [0.4, 0.5) is 4.79 Å². The largest absolute Gasteiger partial charge is 0.484 e. The van der Waals surface area contributed by atoms with Crippen molar-refractivity contribution in [1.82, 2.24) is 0 Å². The lowest BCUT2D eigenvalue weighted by Crippen LogP contribution is -2.57. The monoisotopic (exact) mass is 269 g/mol. The molecule has 0 radical (unpaired) electrons. The predicted molar refractivity (Wildman–Crippen MR) is 63.3 cm³/mol. The molecule has 1 aliphatic heterocycles. The number of amides is 1. The Labute approximate surface area is 109 Å². The van der Waals surface area contributed by atoms with Gasteiger partial charge in [0.25, 0.3) is 0 Å². The highest BCUT2D eigenvalue weighted by atomic mass is 16.7. The van der Waals surface area contributed by atoms with Crippen LogP contribution < -0.4 is 10.5 Å². The summed E-state index contributed by atoms with van der Waals surface area (Å²) in [4.78, 5) is 10.8. The highest BCUT2D eigenvalue weighted by Crippen LogP contribution is 2.23. The number of carbonyl (C=O) groups excluding carboxylic acids is 1. The quantitative estimate of drug-likeness (QED) is 0.689. The molecule has 1 aromatic rings. The fraction of sp³-hybridized carbons (Fsp3) is 0.417. The van der Waals surface area contributed by atoms with Crippen LogP contribution in [0.15, 0.2) is 30.3 Å². The first-order valence-electron chi connectivity index (χ1n) is 5.73. The standard InChI is InChI=1S/C12H15NO6/c13-12(16)19-10-9(8(14)6-17-11(10)15)18-7-4-2-1-3-5-7/h1-5,8-11,14-15H,6H2,(H2,13,16)/t8-,9+,10-,11-/m1/s1. The van der Waals surface area contributed by atoms with E-state index in [-0.39, 0.29) is 6.61 Å². The third-order valence-electron chi connectivity index (χ3n) is 2.69. The van der Waals surface area contributed by atoms with Crippen molar-refractivity contribution in [3.8, 4) is 5.75 Å². The van der Waals surface area contributed by atoms with Gasteiger partial charge in [0.15, 0.2) is 18.5 Å². The molecule has 0 bridgehead atoms. The number of aliphatic hydroxyl groups excluding tert-OH is 2. The van der Waals surface area contributed by atoms with Crippen molar-refractivity contribution in [1.29, 1.82) is 0 Å². The number of para-hydroxylation sites is 1. The Bertz CT molecular complexity index is 425. The average molecular weight is 269 g/mol. The van der Waals surface area contributed by atoms with E-state index in [1.54, 1.807) is 30.3 Å². The van der Waals surface area contributed by atoms with E-state index in [4.69, 9.17) is 19.9 Å². The Hall–Kier alpha value is -1.83. The van der Waals surface area contributed by atoms with E-state index < -0.39 is 30.7 Å². The van der Waals surface area contributed by atoms with Crippen molar-refractivity contribution >= 4 is 6.09 Å². The number of hydrogen-bond donors (Lipinski definition) is 3. The van der Waals surface area contributed by atoms with E-state index in [0.29, 0.717) is 5.75 Å². The highest BCUT2D eigenvalue weighted by Gasteiger charge is 2.43. The first-order chi connectivity index (χ1) is 9.08. The summed E-state index contributed by atoms with van der Waals surface area (Å²) in [6.07, 6.45) is -5.68. The summed E-state index contributed by atoms with van der Waals surface area (Å²) >= 11 is 0. The van der Waals surface area contributed by atoms with E-state index >= 15 is 0 Å². The number of nitrogens with two attached hydrogens (primary N) is 1. The zero-order valence-corrected chi connectivity index (χ0v) is 10.0. The maximum absolute atomic E-state index is 10.8. The first kappa shape index (κ1) is 13.6. The van der Waals surface area contributed by atoms with Gasteiger partial charge in [-0.05, 0) is 12.1 Å². The van der Waals surface area contributed by atoms with Crippen LogP contribution in [0.2, 0.25) is 0 Å². The maximum atomic E-state index is 10.8. The van der Waals surface area contributed by atoms with E-state index in [1.807, 2.05) is 0 Å². The van der Waals surface area contributed by atoms with Crippen molar-refractivity contribution in [2.24, 2.45) is 5.73 Å². The van der Waals surface area contributed by atoms with Crippen LogP contribution in [-0.4, -0.2) is 47.5 Å². The number of hydrogen-bond acceptors (Lipinski definition) is 6. The SMILES string of the molecule is NC(=O)O[C@@H]1[C@@H](Oc2ccccc2)[C@H](O)CO[C@H]1O. The van der Waals surface area contributed by atoms with Crippen molar-refractivity contribution < 1.29 is 29.2 Å². The minimum atomic E-state index is -1.40. The molecule has 1 aromatic carbocycles. The molecule has 7 nitrogen and oxygen atoms in total. The maximum Gasteiger partial charge on any atom is 0.405 e. The molecule has 104 valence electrons. The lowest BCUT2D eigenvalue weighted by Gasteiger charge is -2.37. The van der Waals surface area contributed by atoms with Gasteiger partial charge in [0, 0.05) is 0 Å². The molecule has 4 N–H and O–H groups in total. The second-order valence-electron chi connectivity index (χ2n) is 4.09. The zero-order valence-electron chi connectivity index (χ0n) is 10.0. The summed E-state index contributed by atoms with van der Waals surface area (Å²) in [5.41, 5.74) is 4.92. The Morgan fingerprint density at radius 3 is 2.58 bits per heavy atom. The lowest BCUT2D eigenvalue weighted by atomic mass is 10.0. The first-order valence-corrected chi connectivity index (χ1v) is 5.73. The summed E-state index contributed by atoms with van der Waals surface area (Å²) in [6, 6.07) is 8.66. The van der Waals surface area contributed by atoms with Crippen molar-refractivity contribution in [2.45, 2.75) is 24.6 Å². The van der Waals surface area contributed by atoms with Crippen LogP contribution in [-0.2, 0) is 9.47 Å². The van der Waals surface area contributed by atoms with Gasteiger partial charge in [-0.25, -0.2) is 4.79 Å². The fourth-order valence-corrected chi connectivity index (χ4v) is 1.83. The Balaban J connectivity index is 2.14. The predicted octanol–water partition coefficient (Wildman–Crippen LogP) is -0.393. The number of rotatable bonds is 3. The molecule has 2 rings (SSSR count). The zero-order chi connectivity index (χ0) is 13.8.